The Morgan fingerprint density at radius 1 is 1.30 bits per heavy atom. The summed E-state index contributed by atoms with van der Waals surface area (Å²) in [6, 6.07) is 7.84. The number of carbonyl (C=O) groups is 1. The number of hydrogen-bond acceptors (Lipinski definition) is 2. The van der Waals surface area contributed by atoms with Crippen molar-refractivity contribution < 1.29 is 4.79 Å². The molecule has 2 N–H and O–H groups in total. The summed E-state index contributed by atoms with van der Waals surface area (Å²) in [5.74, 6) is 0.306. The van der Waals surface area contributed by atoms with Gasteiger partial charge in [-0.3, -0.25) is 4.79 Å². The number of nitrogen functional groups attached to an aromatic ring is 1. The van der Waals surface area contributed by atoms with Crippen molar-refractivity contribution in [3.63, 3.8) is 0 Å². The lowest BCUT2D eigenvalue weighted by molar-refractivity contribution is -0.141. The average Bonchev–Trinajstić information content (AvgIpc) is 2.88. The third-order valence-electron chi connectivity index (χ3n) is 4.42. The van der Waals surface area contributed by atoms with Gasteiger partial charge in [-0.1, -0.05) is 44.9 Å². The van der Waals surface area contributed by atoms with E-state index in [2.05, 4.69) is 13.8 Å². The van der Waals surface area contributed by atoms with Crippen LogP contribution in [0.3, 0.4) is 0 Å². The molecule has 0 saturated heterocycles. The Kier molecular flexibility index (Phi) is 4.69. The van der Waals surface area contributed by atoms with Crippen LogP contribution in [0.25, 0.3) is 0 Å². The van der Waals surface area contributed by atoms with Crippen molar-refractivity contribution in [3.05, 3.63) is 29.8 Å². The van der Waals surface area contributed by atoms with Gasteiger partial charge in [0.15, 0.2) is 0 Å². The molecule has 3 heteroatoms. The lowest BCUT2D eigenvalue weighted by Crippen LogP contribution is -2.41. The second kappa shape index (κ2) is 6.29. The molecule has 1 aromatic carbocycles. The van der Waals surface area contributed by atoms with Gasteiger partial charge in [-0.05, 0) is 30.9 Å². The number of hydrogen-bond donors (Lipinski definition) is 1. The standard InChI is InChI=1S/C17H26N2O/c1-3-12-19(13-14-8-4-5-9-15(14)18)16(20)17(2)10-6-7-11-17/h4-5,8-9H,3,6-7,10-13,18H2,1-2H3. The van der Waals surface area contributed by atoms with E-state index in [9.17, 15) is 4.79 Å². The summed E-state index contributed by atoms with van der Waals surface area (Å²) in [7, 11) is 0. The van der Waals surface area contributed by atoms with E-state index >= 15 is 0 Å². The molecule has 0 spiro atoms. The number of carbonyl (C=O) groups excluding carboxylic acids is 1. The number of para-hydroxylation sites is 1. The van der Waals surface area contributed by atoms with Gasteiger partial charge in [-0.25, -0.2) is 0 Å². The zero-order valence-electron chi connectivity index (χ0n) is 12.7. The van der Waals surface area contributed by atoms with Gasteiger partial charge in [0.2, 0.25) is 5.91 Å². The van der Waals surface area contributed by atoms with Crippen LogP contribution in [0.4, 0.5) is 5.69 Å². The Morgan fingerprint density at radius 2 is 1.95 bits per heavy atom. The molecular formula is C17H26N2O. The van der Waals surface area contributed by atoms with Crippen LogP contribution in [0.2, 0.25) is 0 Å². The molecule has 0 heterocycles. The van der Waals surface area contributed by atoms with E-state index in [1.54, 1.807) is 0 Å². The van der Waals surface area contributed by atoms with Crippen molar-refractivity contribution in [3.8, 4) is 0 Å². The van der Waals surface area contributed by atoms with E-state index in [0.717, 1.165) is 37.1 Å². The summed E-state index contributed by atoms with van der Waals surface area (Å²) in [6.07, 6.45) is 5.38. The maximum Gasteiger partial charge on any atom is 0.228 e. The normalized spacial score (nSPS) is 17.1. The molecule has 20 heavy (non-hydrogen) atoms. The Morgan fingerprint density at radius 3 is 2.55 bits per heavy atom. The number of nitrogens with two attached hydrogens (primary N) is 1. The lowest BCUT2D eigenvalue weighted by atomic mass is 9.87. The van der Waals surface area contributed by atoms with Gasteiger partial charge in [0.05, 0.1) is 0 Å². The molecule has 1 amide bonds. The highest BCUT2D eigenvalue weighted by atomic mass is 16.2. The van der Waals surface area contributed by atoms with Crippen LogP contribution < -0.4 is 5.73 Å². The number of amides is 1. The molecule has 0 atom stereocenters. The molecule has 0 aromatic heterocycles. The summed E-state index contributed by atoms with van der Waals surface area (Å²) < 4.78 is 0. The van der Waals surface area contributed by atoms with Gasteiger partial charge in [-0.15, -0.1) is 0 Å². The zero-order chi connectivity index (χ0) is 14.6. The summed E-state index contributed by atoms with van der Waals surface area (Å²) in [6.45, 7) is 5.68. The molecule has 1 aliphatic rings. The molecule has 1 aromatic rings. The first-order chi connectivity index (χ1) is 9.57. The molecular weight excluding hydrogens is 248 g/mol. The molecule has 1 fully saturated rings. The van der Waals surface area contributed by atoms with Gasteiger partial charge in [0, 0.05) is 24.2 Å². The molecule has 1 saturated carbocycles. The average molecular weight is 274 g/mol. The Hall–Kier alpha value is -1.51. The van der Waals surface area contributed by atoms with Crippen LogP contribution in [-0.4, -0.2) is 17.4 Å². The third kappa shape index (κ3) is 3.14. The number of nitrogens with zero attached hydrogens (tertiary/aromatic N) is 1. The van der Waals surface area contributed by atoms with Crippen molar-refractivity contribution in [2.75, 3.05) is 12.3 Å². The van der Waals surface area contributed by atoms with Crippen molar-refractivity contribution in [2.24, 2.45) is 5.41 Å². The predicted octanol–water partition coefficient (Wildman–Crippen LogP) is 3.59. The fourth-order valence-electron chi connectivity index (χ4n) is 3.16. The van der Waals surface area contributed by atoms with Gasteiger partial charge < -0.3 is 10.6 Å². The maximum absolute atomic E-state index is 12.9. The van der Waals surface area contributed by atoms with E-state index in [0.29, 0.717) is 12.5 Å². The summed E-state index contributed by atoms with van der Waals surface area (Å²) in [5.41, 5.74) is 7.69. The quantitative estimate of drug-likeness (QED) is 0.834. The monoisotopic (exact) mass is 274 g/mol. The molecule has 110 valence electrons. The molecule has 3 nitrogen and oxygen atoms in total. The molecule has 0 radical (unpaired) electrons. The lowest BCUT2D eigenvalue weighted by Gasteiger charge is -2.32. The van der Waals surface area contributed by atoms with Crippen LogP contribution in [0.1, 0.15) is 51.5 Å². The summed E-state index contributed by atoms with van der Waals surface area (Å²) >= 11 is 0. The number of anilines is 1. The Labute approximate surface area is 122 Å². The largest absolute Gasteiger partial charge is 0.398 e. The Balaban J connectivity index is 2.14. The predicted molar refractivity (Wildman–Crippen MR) is 83.1 cm³/mol. The second-order valence-corrected chi connectivity index (χ2v) is 6.19. The van der Waals surface area contributed by atoms with E-state index in [4.69, 9.17) is 5.73 Å². The minimum atomic E-state index is -0.154. The van der Waals surface area contributed by atoms with Gasteiger partial charge in [-0.2, -0.15) is 0 Å². The molecule has 1 aliphatic carbocycles. The highest BCUT2D eigenvalue weighted by Gasteiger charge is 2.38. The first-order valence-electron chi connectivity index (χ1n) is 7.69. The first kappa shape index (κ1) is 14.9. The fraction of sp³-hybridized carbons (Fsp3) is 0.588. The van der Waals surface area contributed by atoms with Crippen molar-refractivity contribution >= 4 is 11.6 Å². The smallest absolute Gasteiger partial charge is 0.228 e. The minimum Gasteiger partial charge on any atom is -0.398 e. The minimum absolute atomic E-state index is 0.154. The molecule has 0 bridgehead atoms. The van der Waals surface area contributed by atoms with Gasteiger partial charge in [0.1, 0.15) is 0 Å². The number of rotatable bonds is 5. The van der Waals surface area contributed by atoms with Crippen LogP contribution >= 0.6 is 0 Å². The van der Waals surface area contributed by atoms with E-state index in [-0.39, 0.29) is 5.41 Å². The summed E-state index contributed by atoms with van der Waals surface area (Å²) in [4.78, 5) is 14.9. The van der Waals surface area contributed by atoms with E-state index in [1.165, 1.54) is 12.8 Å². The molecule has 2 rings (SSSR count). The zero-order valence-corrected chi connectivity index (χ0v) is 12.7. The highest BCUT2D eigenvalue weighted by Crippen LogP contribution is 2.39. The van der Waals surface area contributed by atoms with E-state index < -0.39 is 0 Å². The van der Waals surface area contributed by atoms with Crippen LogP contribution in [0, 0.1) is 5.41 Å². The Bertz CT molecular complexity index is 464. The topological polar surface area (TPSA) is 46.3 Å². The van der Waals surface area contributed by atoms with Crippen molar-refractivity contribution in [1.29, 1.82) is 0 Å². The SMILES string of the molecule is CCCN(Cc1ccccc1N)C(=O)C1(C)CCCC1. The van der Waals surface area contributed by atoms with Gasteiger partial charge in [0.25, 0.3) is 0 Å². The molecule has 0 unspecified atom stereocenters. The maximum atomic E-state index is 12.9. The second-order valence-electron chi connectivity index (χ2n) is 6.19. The highest BCUT2D eigenvalue weighted by molar-refractivity contribution is 5.82. The molecule has 0 aliphatic heterocycles. The van der Waals surface area contributed by atoms with Crippen LogP contribution in [0.5, 0.6) is 0 Å². The van der Waals surface area contributed by atoms with Gasteiger partial charge >= 0.3 is 0 Å². The van der Waals surface area contributed by atoms with Crippen molar-refractivity contribution in [2.45, 2.75) is 52.5 Å². The summed E-state index contributed by atoms with van der Waals surface area (Å²) in [5, 5.41) is 0. The number of benzene rings is 1. The third-order valence-corrected chi connectivity index (χ3v) is 4.42. The van der Waals surface area contributed by atoms with Crippen molar-refractivity contribution in [1.82, 2.24) is 4.90 Å². The fourth-order valence-corrected chi connectivity index (χ4v) is 3.16. The first-order valence-corrected chi connectivity index (χ1v) is 7.69. The van der Waals surface area contributed by atoms with Crippen LogP contribution in [-0.2, 0) is 11.3 Å². The van der Waals surface area contributed by atoms with Crippen LogP contribution in [0.15, 0.2) is 24.3 Å². The van der Waals surface area contributed by atoms with E-state index in [1.807, 2.05) is 29.2 Å².